The number of rotatable bonds is 7. The molecular weight excluding hydrogens is 399 g/mol. The molecule has 8 heteroatoms. The maximum absolute atomic E-state index is 13.3. The van der Waals surface area contributed by atoms with E-state index in [0.717, 1.165) is 22.4 Å². The molecule has 1 N–H and O–H groups in total. The lowest BCUT2D eigenvalue weighted by Crippen LogP contribution is -2.12. The number of hydrogen-bond acceptors (Lipinski definition) is 5. The Morgan fingerprint density at radius 1 is 1.16 bits per heavy atom. The van der Waals surface area contributed by atoms with Crippen LogP contribution in [0.15, 0.2) is 65.3 Å². The maximum Gasteiger partial charge on any atom is 0.293 e. The molecule has 0 unspecified atom stereocenters. The van der Waals surface area contributed by atoms with Gasteiger partial charge in [0.05, 0.1) is 6.54 Å². The van der Waals surface area contributed by atoms with Gasteiger partial charge in [0.1, 0.15) is 30.3 Å². The van der Waals surface area contributed by atoms with Crippen molar-refractivity contribution in [1.82, 2.24) is 14.8 Å². The zero-order valence-corrected chi connectivity index (χ0v) is 17.1. The quantitative estimate of drug-likeness (QED) is 0.476. The number of ether oxygens (including phenoxy) is 1. The number of halogens is 1. The van der Waals surface area contributed by atoms with Gasteiger partial charge in [-0.3, -0.25) is 10.1 Å². The van der Waals surface area contributed by atoms with Crippen molar-refractivity contribution in [1.29, 1.82) is 0 Å². The highest BCUT2D eigenvalue weighted by Crippen LogP contribution is 2.21. The molecule has 0 saturated carbocycles. The predicted molar refractivity (Wildman–Crippen MR) is 112 cm³/mol. The highest BCUT2D eigenvalue weighted by atomic mass is 19.1. The molecule has 0 spiro atoms. The summed E-state index contributed by atoms with van der Waals surface area (Å²) in [5, 5.41) is 6.78. The molecule has 31 heavy (non-hydrogen) atoms. The van der Waals surface area contributed by atoms with Gasteiger partial charge in [0.15, 0.2) is 5.76 Å². The summed E-state index contributed by atoms with van der Waals surface area (Å²) in [6.45, 7) is 4.50. The minimum Gasteiger partial charge on any atom is -0.485 e. The van der Waals surface area contributed by atoms with Gasteiger partial charge in [-0.2, -0.15) is 0 Å². The lowest BCUT2D eigenvalue weighted by atomic mass is 10.1. The molecule has 7 nitrogen and oxygen atoms in total. The van der Waals surface area contributed by atoms with Crippen LogP contribution < -0.4 is 10.1 Å². The van der Waals surface area contributed by atoms with Gasteiger partial charge in [-0.25, -0.2) is 14.1 Å². The summed E-state index contributed by atoms with van der Waals surface area (Å²) in [5.74, 6) is 0.765. The third kappa shape index (κ3) is 5.16. The molecule has 0 aliphatic carbocycles. The third-order valence-electron chi connectivity index (χ3n) is 4.59. The van der Waals surface area contributed by atoms with Crippen molar-refractivity contribution in [3.05, 3.63) is 95.0 Å². The van der Waals surface area contributed by atoms with Gasteiger partial charge in [-0.05, 0) is 60.9 Å². The van der Waals surface area contributed by atoms with E-state index in [1.54, 1.807) is 24.3 Å². The Morgan fingerprint density at radius 3 is 2.87 bits per heavy atom. The summed E-state index contributed by atoms with van der Waals surface area (Å²) < 4.78 is 26.2. The molecule has 0 fully saturated rings. The van der Waals surface area contributed by atoms with Crippen LogP contribution in [-0.4, -0.2) is 20.7 Å². The first kappa shape index (κ1) is 20.3. The summed E-state index contributed by atoms with van der Waals surface area (Å²) in [6.07, 6.45) is 1.46. The van der Waals surface area contributed by atoms with Crippen LogP contribution in [0.1, 0.15) is 33.0 Å². The van der Waals surface area contributed by atoms with E-state index in [-0.39, 0.29) is 24.1 Å². The summed E-state index contributed by atoms with van der Waals surface area (Å²) in [4.78, 5) is 16.5. The molecule has 0 aliphatic heterocycles. The Balaban J connectivity index is 1.35. The van der Waals surface area contributed by atoms with E-state index in [1.807, 2.05) is 32.0 Å². The van der Waals surface area contributed by atoms with E-state index in [4.69, 9.17) is 9.15 Å². The molecule has 0 atom stereocenters. The number of benzene rings is 2. The number of furan rings is 1. The van der Waals surface area contributed by atoms with Gasteiger partial charge in [0, 0.05) is 0 Å². The SMILES string of the molecule is Cc1ccc(C)c(OCc2ccc(C(=O)Nc3ncn(Cc4cccc(F)c4)n3)o2)c1. The first-order chi connectivity index (χ1) is 15.0. The van der Waals surface area contributed by atoms with Gasteiger partial charge in [-0.1, -0.05) is 24.3 Å². The maximum atomic E-state index is 13.3. The van der Waals surface area contributed by atoms with Crippen LogP contribution in [0.25, 0.3) is 0 Å². The van der Waals surface area contributed by atoms with Crippen LogP contribution in [0.5, 0.6) is 5.75 Å². The van der Waals surface area contributed by atoms with E-state index < -0.39 is 5.91 Å². The molecule has 0 radical (unpaired) electrons. The second-order valence-corrected chi connectivity index (χ2v) is 7.17. The molecule has 4 rings (SSSR count). The Morgan fingerprint density at radius 2 is 2.03 bits per heavy atom. The number of aryl methyl sites for hydroxylation is 2. The van der Waals surface area contributed by atoms with Gasteiger partial charge < -0.3 is 9.15 Å². The molecule has 1 amide bonds. The number of nitrogens with one attached hydrogen (secondary N) is 1. The van der Waals surface area contributed by atoms with Crippen molar-refractivity contribution in [2.45, 2.75) is 27.0 Å². The fraction of sp³-hybridized carbons (Fsp3) is 0.174. The van der Waals surface area contributed by atoms with Gasteiger partial charge in [0.25, 0.3) is 5.91 Å². The topological polar surface area (TPSA) is 82.2 Å². The first-order valence-electron chi connectivity index (χ1n) is 9.70. The Labute approximate surface area is 178 Å². The third-order valence-corrected chi connectivity index (χ3v) is 4.59. The molecule has 0 saturated heterocycles. The van der Waals surface area contributed by atoms with Crippen molar-refractivity contribution < 1.29 is 18.3 Å². The van der Waals surface area contributed by atoms with Crippen molar-refractivity contribution in [3.8, 4) is 5.75 Å². The minimum atomic E-state index is -0.471. The average molecular weight is 420 g/mol. The first-order valence-corrected chi connectivity index (χ1v) is 9.70. The molecule has 158 valence electrons. The largest absolute Gasteiger partial charge is 0.485 e. The van der Waals surface area contributed by atoms with E-state index in [9.17, 15) is 9.18 Å². The van der Waals surface area contributed by atoms with Crippen molar-refractivity contribution in [2.24, 2.45) is 0 Å². The predicted octanol–water partition coefficient (Wildman–Crippen LogP) is 4.51. The highest BCUT2D eigenvalue weighted by Gasteiger charge is 2.14. The molecular formula is C23H21FN4O3. The van der Waals surface area contributed by atoms with E-state index in [2.05, 4.69) is 15.4 Å². The van der Waals surface area contributed by atoms with Crippen LogP contribution in [0, 0.1) is 19.7 Å². The lowest BCUT2D eigenvalue weighted by molar-refractivity contribution is 0.0991. The smallest absolute Gasteiger partial charge is 0.293 e. The molecule has 0 aliphatic rings. The van der Waals surface area contributed by atoms with Gasteiger partial charge in [-0.15, -0.1) is 5.10 Å². The zero-order valence-electron chi connectivity index (χ0n) is 17.1. The Bertz CT molecular complexity index is 1220. The van der Waals surface area contributed by atoms with Crippen molar-refractivity contribution in [2.75, 3.05) is 5.32 Å². The fourth-order valence-electron chi connectivity index (χ4n) is 3.00. The van der Waals surface area contributed by atoms with Crippen LogP contribution >= 0.6 is 0 Å². The number of anilines is 1. The number of nitrogens with zero attached hydrogens (tertiary/aromatic N) is 3. The normalized spacial score (nSPS) is 10.8. The van der Waals surface area contributed by atoms with Crippen LogP contribution in [0.4, 0.5) is 10.3 Å². The van der Waals surface area contributed by atoms with Crippen molar-refractivity contribution >= 4 is 11.9 Å². The summed E-state index contributed by atoms with van der Waals surface area (Å²) in [6, 6.07) is 15.4. The van der Waals surface area contributed by atoms with E-state index >= 15 is 0 Å². The van der Waals surface area contributed by atoms with Gasteiger partial charge >= 0.3 is 0 Å². The van der Waals surface area contributed by atoms with Crippen molar-refractivity contribution in [3.63, 3.8) is 0 Å². The van der Waals surface area contributed by atoms with Crippen LogP contribution in [0.3, 0.4) is 0 Å². The van der Waals surface area contributed by atoms with E-state index in [0.29, 0.717) is 12.3 Å². The number of amides is 1. The number of carbonyl (C=O) groups is 1. The average Bonchev–Trinajstić information content (AvgIpc) is 3.38. The van der Waals surface area contributed by atoms with Crippen LogP contribution in [0.2, 0.25) is 0 Å². The molecule has 2 aromatic heterocycles. The number of hydrogen-bond donors (Lipinski definition) is 1. The monoisotopic (exact) mass is 420 g/mol. The standard InChI is InChI=1S/C23H21FN4O3/c1-15-6-7-16(2)21(10-15)30-13-19-8-9-20(31-19)22(29)26-23-25-14-28(27-23)12-17-4-3-5-18(24)11-17/h3-11,14H,12-13H2,1-2H3,(H,26,27,29). The molecule has 4 aromatic rings. The Hall–Kier alpha value is -3.94. The van der Waals surface area contributed by atoms with Crippen LogP contribution in [-0.2, 0) is 13.2 Å². The van der Waals surface area contributed by atoms with E-state index in [1.165, 1.54) is 23.1 Å². The number of aromatic nitrogens is 3. The van der Waals surface area contributed by atoms with Gasteiger partial charge in [0.2, 0.25) is 5.95 Å². The highest BCUT2D eigenvalue weighted by molar-refractivity contribution is 6.01. The summed E-state index contributed by atoms with van der Waals surface area (Å²) >= 11 is 0. The zero-order chi connectivity index (χ0) is 21.8. The summed E-state index contributed by atoms with van der Waals surface area (Å²) in [5.41, 5.74) is 2.86. The number of carbonyl (C=O) groups excluding carboxylic acids is 1. The molecule has 0 bridgehead atoms. The lowest BCUT2D eigenvalue weighted by Gasteiger charge is -2.08. The second-order valence-electron chi connectivity index (χ2n) is 7.17. The summed E-state index contributed by atoms with van der Waals surface area (Å²) in [7, 11) is 0. The minimum absolute atomic E-state index is 0.126. The molecule has 2 aromatic carbocycles. The second kappa shape index (κ2) is 8.83. The Kier molecular flexibility index (Phi) is 5.79. The fourth-order valence-corrected chi connectivity index (χ4v) is 3.00. The molecule has 2 heterocycles.